The Hall–Kier alpha value is -0.340. The van der Waals surface area contributed by atoms with Gasteiger partial charge in [-0.2, -0.15) is 0 Å². The van der Waals surface area contributed by atoms with Crippen molar-refractivity contribution in [2.75, 3.05) is 13.1 Å². The van der Waals surface area contributed by atoms with Crippen molar-refractivity contribution in [3.05, 3.63) is 34.3 Å². The average Bonchev–Trinajstić information content (AvgIpc) is 2.46. The van der Waals surface area contributed by atoms with E-state index in [0.29, 0.717) is 5.92 Å². The molecule has 106 valence electrons. The molecule has 0 radical (unpaired) electrons. The summed E-state index contributed by atoms with van der Waals surface area (Å²) in [6.45, 7) is 4.52. The highest BCUT2D eigenvalue weighted by molar-refractivity contribution is 9.10. The average molecular weight is 324 g/mol. The van der Waals surface area contributed by atoms with Gasteiger partial charge in [0.2, 0.25) is 0 Å². The van der Waals surface area contributed by atoms with Crippen LogP contribution >= 0.6 is 15.9 Å². The van der Waals surface area contributed by atoms with Crippen LogP contribution in [0.25, 0.3) is 0 Å². The molecule has 0 saturated heterocycles. The fraction of sp³-hybridized carbons (Fsp3) is 0.647. The lowest BCUT2D eigenvalue weighted by atomic mass is 9.77. The second-order valence-corrected chi connectivity index (χ2v) is 6.68. The lowest BCUT2D eigenvalue weighted by molar-refractivity contribution is 0.297. The van der Waals surface area contributed by atoms with Crippen LogP contribution in [0, 0.1) is 5.92 Å². The summed E-state index contributed by atoms with van der Waals surface area (Å²) in [4.78, 5) is 0. The summed E-state index contributed by atoms with van der Waals surface area (Å²) in [5, 5.41) is 3.63. The summed E-state index contributed by atoms with van der Waals surface area (Å²) >= 11 is 3.54. The molecule has 2 heteroatoms. The van der Waals surface area contributed by atoms with E-state index in [1.54, 1.807) is 0 Å². The Kier molecular flexibility index (Phi) is 6.39. The highest BCUT2D eigenvalue weighted by atomic mass is 79.9. The van der Waals surface area contributed by atoms with Crippen LogP contribution in [-0.4, -0.2) is 13.1 Å². The van der Waals surface area contributed by atoms with E-state index in [2.05, 4.69) is 52.4 Å². The topological polar surface area (TPSA) is 12.0 Å². The van der Waals surface area contributed by atoms with Crippen LogP contribution in [0.5, 0.6) is 0 Å². The van der Waals surface area contributed by atoms with Crippen LogP contribution < -0.4 is 5.32 Å². The molecule has 0 aliphatic heterocycles. The van der Waals surface area contributed by atoms with Crippen LogP contribution in [0.4, 0.5) is 0 Å². The molecule has 0 spiro atoms. The van der Waals surface area contributed by atoms with Gasteiger partial charge in [0.15, 0.2) is 0 Å². The summed E-state index contributed by atoms with van der Waals surface area (Å²) in [6.07, 6.45) is 8.32. The van der Waals surface area contributed by atoms with E-state index in [-0.39, 0.29) is 0 Å². The second-order valence-electron chi connectivity index (χ2n) is 5.76. The Morgan fingerprint density at radius 3 is 2.47 bits per heavy atom. The van der Waals surface area contributed by atoms with E-state index in [9.17, 15) is 0 Å². The highest BCUT2D eigenvalue weighted by Gasteiger charge is 2.24. The molecule has 1 atom stereocenters. The Labute approximate surface area is 126 Å². The predicted octanol–water partition coefficient (Wildman–Crippen LogP) is 5.11. The number of hydrogen-bond donors (Lipinski definition) is 1. The Bertz CT molecular complexity index is 354. The monoisotopic (exact) mass is 323 g/mol. The molecule has 1 aromatic rings. The van der Waals surface area contributed by atoms with Gasteiger partial charge in [0, 0.05) is 11.0 Å². The van der Waals surface area contributed by atoms with Gasteiger partial charge >= 0.3 is 0 Å². The van der Waals surface area contributed by atoms with E-state index in [1.807, 2.05) is 0 Å². The molecule has 0 amide bonds. The van der Waals surface area contributed by atoms with Gasteiger partial charge < -0.3 is 5.32 Å². The Balaban J connectivity index is 2.05. The maximum Gasteiger partial charge on any atom is 0.0175 e. The molecule has 1 unspecified atom stereocenters. The molecule has 1 fully saturated rings. The van der Waals surface area contributed by atoms with Crippen LogP contribution in [-0.2, 0) is 0 Å². The Morgan fingerprint density at radius 1 is 1.16 bits per heavy atom. The van der Waals surface area contributed by atoms with E-state index in [1.165, 1.54) is 48.6 Å². The molecule has 1 aliphatic carbocycles. The number of nitrogens with one attached hydrogen (secondary N) is 1. The standard InChI is InChI=1S/C17H26BrN/c1-2-12-19-13-17(14-6-4-3-5-7-14)15-8-10-16(18)11-9-15/h8-11,14,17,19H,2-7,12-13H2,1H3. The minimum absolute atomic E-state index is 0.694. The molecule has 0 bridgehead atoms. The molecule has 1 aliphatic rings. The Morgan fingerprint density at radius 2 is 1.84 bits per heavy atom. The van der Waals surface area contributed by atoms with Crippen molar-refractivity contribution < 1.29 is 0 Å². The largest absolute Gasteiger partial charge is 0.316 e. The summed E-state index contributed by atoms with van der Waals surface area (Å²) in [5.74, 6) is 1.57. The SMILES string of the molecule is CCCNCC(c1ccc(Br)cc1)C1CCCCC1. The molecular weight excluding hydrogens is 298 g/mol. The molecule has 19 heavy (non-hydrogen) atoms. The third kappa shape index (κ3) is 4.61. The van der Waals surface area contributed by atoms with Crippen LogP contribution in [0.15, 0.2) is 28.7 Å². The lowest BCUT2D eigenvalue weighted by Crippen LogP contribution is -2.28. The molecule has 1 N–H and O–H groups in total. The van der Waals surface area contributed by atoms with E-state index >= 15 is 0 Å². The van der Waals surface area contributed by atoms with Crippen molar-refractivity contribution >= 4 is 15.9 Å². The minimum atomic E-state index is 0.694. The van der Waals surface area contributed by atoms with Crippen molar-refractivity contribution in [2.24, 2.45) is 5.92 Å². The molecule has 1 aromatic carbocycles. The molecule has 2 rings (SSSR count). The van der Waals surface area contributed by atoms with E-state index < -0.39 is 0 Å². The molecule has 0 heterocycles. The molecule has 1 saturated carbocycles. The normalized spacial score (nSPS) is 18.4. The number of hydrogen-bond acceptors (Lipinski definition) is 1. The zero-order valence-corrected chi connectivity index (χ0v) is 13.6. The van der Waals surface area contributed by atoms with Gasteiger partial charge in [-0.15, -0.1) is 0 Å². The van der Waals surface area contributed by atoms with Gasteiger partial charge in [-0.1, -0.05) is 54.2 Å². The fourth-order valence-electron chi connectivity index (χ4n) is 3.24. The lowest BCUT2D eigenvalue weighted by Gasteiger charge is -2.31. The van der Waals surface area contributed by atoms with Gasteiger partial charge in [0.1, 0.15) is 0 Å². The van der Waals surface area contributed by atoms with Gasteiger partial charge in [-0.3, -0.25) is 0 Å². The van der Waals surface area contributed by atoms with Crippen LogP contribution in [0.1, 0.15) is 56.9 Å². The second kappa shape index (κ2) is 8.06. The minimum Gasteiger partial charge on any atom is -0.316 e. The van der Waals surface area contributed by atoms with Crippen LogP contribution in [0.3, 0.4) is 0 Å². The van der Waals surface area contributed by atoms with E-state index in [0.717, 1.165) is 19.0 Å². The smallest absolute Gasteiger partial charge is 0.0175 e. The predicted molar refractivity (Wildman–Crippen MR) is 86.6 cm³/mol. The number of rotatable bonds is 6. The zero-order valence-electron chi connectivity index (χ0n) is 12.0. The first-order chi connectivity index (χ1) is 9.31. The summed E-state index contributed by atoms with van der Waals surface area (Å²) in [5.41, 5.74) is 1.51. The number of halogens is 1. The first-order valence-corrected chi connectivity index (χ1v) is 8.56. The van der Waals surface area contributed by atoms with Crippen molar-refractivity contribution in [1.82, 2.24) is 5.32 Å². The molecule has 0 aromatic heterocycles. The van der Waals surface area contributed by atoms with E-state index in [4.69, 9.17) is 0 Å². The van der Waals surface area contributed by atoms with Crippen molar-refractivity contribution in [2.45, 2.75) is 51.4 Å². The highest BCUT2D eigenvalue weighted by Crippen LogP contribution is 2.36. The summed E-state index contributed by atoms with van der Waals surface area (Å²) in [7, 11) is 0. The molecule has 1 nitrogen and oxygen atoms in total. The molecular formula is C17H26BrN. The van der Waals surface area contributed by atoms with Crippen molar-refractivity contribution in [3.63, 3.8) is 0 Å². The number of benzene rings is 1. The first kappa shape index (κ1) is 15.1. The maximum absolute atomic E-state index is 3.63. The first-order valence-electron chi connectivity index (χ1n) is 7.77. The van der Waals surface area contributed by atoms with Gasteiger partial charge in [-0.05, 0) is 55.3 Å². The quantitative estimate of drug-likeness (QED) is 0.717. The van der Waals surface area contributed by atoms with Crippen molar-refractivity contribution in [1.29, 1.82) is 0 Å². The zero-order chi connectivity index (χ0) is 13.5. The van der Waals surface area contributed by atoms with Gasteiger partial charge in [0.25, 0.3) is 0 Å². The van der Waals surface area contributed by atoms with Gasteiger partial charge in [0.05, 0.1) is 0 Å². The van der Waals surface area contributed by atoms with Gasteiger partial charge in [-0.25, -0.2) is 0 Å². The summed E-state index contributed by atoms with van der Waals surface area (Å²) < 4.78 is 1.18. The summed E-state index contributed by atoms with van der Waals surface area (Å²) in [6, 6.07) is 8.98. The third-order valence-corrected chi connectivity index (χ3v) is 4.84. The third-order valence-electron chi connectivity index (χ3n) is 4.31. The fourth-order valence-corrected chi connectivity index (χ4v) is 3.50. The van der Waals surface area contributed by atoms with Crippen molar-refractivity contribution in [3.8, 4) is 0 Å². The van der Waals surface area contributed by atoms with Crippen LogP contribution in [0.2, 0.25) is 0 Å². The maximum atomic E-state index is 3.63.